The third kappa shape index (κ3) is 5.11. The summed E-state index contributed by atoms with van der Waals surface area (Å²) >= 11 is 3.40. The summed E-state index contributed by atoms with van der Waals surface area (Å²) in [6.07, 6.45) is 4.41. The molecule has 0 bridgehead atoms. The van der Waals surface area contributed by atoms with Crippen LogP contribution in [0.2, 0.25) is 0 Å². The number of aliphatic hydroxyl groups is 1. The Kier molecular flexibility index (Phi) is 6.31. The van der Waals surface area contributed by atoms with E-state index < -0.39 is 0 Å². The van der Waals surface area contributed by atoms with E-state index in [-0.39, 0.29) is 6.61 Å². The van der Waals surface area contributed by atoms with E-state index in [2.05, 4.69) is 26.2 Å². The van der Waals surface area contributed by atoms with E-state index in [0.29, 0.717) is 13.2 Å². The van der Waals surface area contributed by atoms with Gasteiger partial charge in [0.25, 0.3) is 0 Å². The highest BCUT2D eigenvalue weighted by molar-refractivity contribution is 9.10. The summed E-state index contributed by atoms with van der Waals surface area (Å²) in [5.41, 5.74) is 1.03. The molecule has 0 saturated heterocycles. The second-order valence-corrected chi connectivity index (χ2v) is 3.83. The van der Waals surface area contributed by atoms with Gasteiger partial charge in [-0.15, -0.1) is 0 Å². The highest BCUT2D eigenvalue weighted by atomic mass is 79.9. The fraction of sp³-hybridized carbons (Fsp3) is 0.500. The molecule has 1 aromatic heterocycles. The molecule has 1 rings (SSSR count). The minimum absolute atomic E-state index is 0.0866. The Bertz CT molecular complexity index is 284. The van der Waals surface area contributed by atoms with Gasteiger partial charge >= 0.3 is 0 Å². The number of rotatable bonds is 7. The van der Waals surface area contributed by atoms with Crippen LogP contribution in [-0.2, 0) is 4.74 Å². The van der Waals surface area contributed by atoms with Crippen molar-refractivity contribution >= 4 is 21.6 Å². The van der Waals surface area contributed by atoms with Gasteiger partial charge in [-0.25, -0.2) is 0 Å². The maximum Gasteiger partial charge on any atom is 0.0697 e. The van der Waals surface area contributed by atoms with Crippen LogP contribution in [0.25, 0.3) is 0 Å². The molecule has 0 aromatic carbocycles. The predicted molar refractivity (Wildman–Crippen MR) is 62.9 cm³/mol. The molecule has 2 N–H and O–H groups in total. The van der Waals surface area contributed by atoms with Crippen LogP contribution >= 0.6 is 15.9 Å². The van der Waals surface area contributed by atoms with Crippen LogP contribution in [0.5, 0.6) is 0 Å². The number of aliphatic hydroxyl groups excluding tert-OH is 1. The molecule has 0 unspecified atom stereocenters. The van der Waals surface area contributed by atoms with Crippen LogP contribution < -0.4 is 5.32 Å². The molecule has 0 aliphatic rings. The lowest BCUT2D eigenvalue weighted by atomic mass is 10.4. The summed E-state index contributed by atoms with van der Waals surface area (Å²) in [7, 11) is 0. The SMILES string of the molecule is OCCOCCCNc1ccncc1Br. The minimum Gasteiger partial charge on any atom is -0.394 e. The quantitative estimate of drug-likeness (QED) is 0.743. The Labute approximate surface area is 97.8 Å². The van der Waals surface area contributed by atoms with Crippen molar-refractivity contribution in [3.05, 3.63) is 22.9 Å². The maximum absolute atomic E-state index is 8.48. The van der Waals surface area contributed by atoms with Gasteiger partial charge in [0.15, 0.2) is 0 Å². The van der Waals surface area contributed by atoms with Crippen molar-refractivity contribution in [1.82, 2.24) is 4.98 Å². The van der Waals surface area contributed by atoms with Gasteiger partial charge in [0.05, 0.1) is 23.4 Å². The van der Waals surface area contributed by atoms with E-state index in [1.54, 1.807) is 12.4 Å². The Morgan fingerprint density at radius 2 is 2.33 bits per heavy atom. The van der Waals surface area contributed by atoms with Crippen LogP contribution in [-0.4, -0.2) is 36.5 Å². The van der Waals surface area contributed by atoms with Crippen LogP contribution in [0.15, 0.2) is 22.9 Å². The fourth-order valence-electron chi connectivity index (χ4n) is 1.08. The number of halogens is 1. The molecule has 0 spiro atoms. The minimum atomic E-state index is 0.0866. The molecule has 1 heterocycles. The van der Waals surface area contributed by atoms with Crippen molar-refractivity contribution in [2.24, 2.45) is 0 Å². The van der Waals surface area contributed by atoms with Crippen molar-refractivity contribution in [2.75, 3.05) is 31.7 Å². The topological polar surface area (TPSA) is 54.4 Å². The average Bonchev–Trinajstić information content (AvgIpc) is 2.25. The maximum atomic E-state index is 8.48. The zero-order valence-corrected chi connectivity index (χ0v) is 10.0. The molecule has 84 valence electrons. The van der Waals surface area contributed by atoms with Crippen LogP contribution in [0.4, 0.5) is 5.69 Å². The van der Waals surface area contributed by atoms with Crippen molar-refractivity contribution in [3.63, 3.8) is 0 Å². The molecule has 5 heteroatoms. The van der Waals surface area contributed by atoms with Crippen molar-refractivity contribution in [3.8, 4) is 0 Å². The van der Waals surface area contributed by atoms with E-state index in [0.717, 1.165) is 23.1 Å². The first-order chi connectivity index (χ1) is 7.34. The number of nitrogens with zero attached hydrogens (tertiary/aromatic N) is 1. The molecule has 0 aliphatic carbocycles. The number of ether oxygens (including phenoxy) is 1. The average molecular weight is 275 g/mol. The van der Waals surface area contributed by atoms with Gasteiger partial charge in [-0.3, -0.25) is 4.98 Å². The second kappa shape index (κ2) is 7.62. The van der Waals surface area contributed by atoms with Gasteiger partial charge in [0.1, 0.15) is 0 Å². The first-order valence-electron chi connectivity index (χ1n) is 4.86. The third-order valence-corrected chi connectivity index (χ3v) is 2.42. The van der Waals surface area contributed by atoms with E-state index in [1.165, 1.54) is 0 Å². The Morgan fingerprint density at radius 1 is 1.47 bits per heavy atom. The molecule has 0 saturated carbocycles. The lowest BCUT2D eigenvalue weighted by Crippen LogP contribution is -2.07. The number of aromatic nitrogens is 1. The number of hydrogen-bond acceptors (Lipinski definition) is 4. The van der Waals surface area contributed by atoms with E-state index in [9.17, 15) is 0 Å². The van der Waals surface area contributed by atoms with Gasteiger partial charge in [-0.2, -0.15) is 0 Å². The normalized spacial score (nSPS) is 10.3. The third-order valence-electron chi connectivity index (χ3n) is 1.79. The molecule has 0 atom stereocenters. The number of anilines is 1. The zero-order chi connectivity index (χ0) is 10.9. The standard InChI is InChI=1S/C10H15BrN2O2/c11-9-8-12-4-2-10(9)13-3-1-6-15-7-5-14/h2,4,8,14H,1,3,5-7H2,(H,12,13). The van der Waals surface area contributed by atoms with Gasteiger partial charge in [0.2, 0.25) is 0 Å². The second-order valence-electron chi connectivity index (χ2n) is 2.97. The fourth-order valence-corrected chi connectivity index (χ4v) is 1.47. The highest BCUT2D eigenvalue weighted by Gasteiger charge is 1.96. The molecular formula is C10H15BrN2O2. The lowest BCUT2D eigenvalue weighted by molar-refractivity contribution is 0.0922. The van der Waals surface area contributed by atoms with Crippen molar-refractivity contribution in [1.29, 1.82) is 0 Å². The van der Waals surface area contributed by atoms with Gasteiger partial charge in [0, 0.05) is 25.5 Å². The van der Waals surface area contributed by atoms with E-state index in [1.807, 2.05) is 6.07 Å². The summed E-state index contributed by atoms with van der Waals surface area (Å²) in [5.74, 6) is 0. The van der Waals surface area contributed by atoms with E-state index in [4.69, 9.17) is 9.84 Å². The summed E-state index contributed by atoms with van der Waals surface area (Å²) < 4.78 is 6.10. The lowest BCUT2D eigenvalue weighted by Gasteiger charge is -2.07. The predicted octanol–water partition coefficient (Wildman–Crippen LogP) is 1.65. The molecule has 1 aromatic rings. The van der Waals surface area contributed by atoms with Crippen LogP contribution in [0.3, 0.4) is 0 Å². The van der Waals surface area contributed by atoms with Gasteiger partial charge in [-0.1, -0.05) is 0 Å². The Balaban J connectivity index is 2.12. The van der Waals surface area contributed by atoms with Gasteiger partial charge < -0.3 is 15.2 Å². The van der Waals surface area contributed by atoms with Crippen molar-refractivity contribution < 1.29 is 9.84 Å². The molecule has 0 fully saturated rings. The zero-order valence-electron chi connectivity index (χ0n) is 8.45. The number of pyridine rings is 1. The molecule has 0 amide bonds. The summed E-state index contributed by atoms with van der Waals surface area (Å²) in [4.78, 5) is 3.97. The molecule has 0 radical (unpaired) electrons. The first kappa shape index (κ1) is 12.4. The summed E-state index contributed by atoms with van der Waals surface area (Å²) in [6, 6.07) is 1.92. The largest absolute Gasteiger partial charge is 0.394 e. The Hall–Kier alpha value is -0.650. The monoisotopic (exact) mass is 274 g/mol. The molecule has 0 aliphatic heterocycles. The van der Waals surface area contributed by atoms with Crippen LogP contribution in [0.1, 0.15) is 6.42 Å². The highest BCUT2D eigenvalue weighted by Crippen LogP contribution is 2.19. The van der Waals surface area contributed by atoms with Crippen LogP contribution in [0, 0.1) is 0 Å². The smallest absolute Gasteiger partial charge is 0.0697 e. The Morgan fingerprint density at radius 3 is 3.07 bits per heavy atom. The van der Waals surface area contributed by atoms with Crippen molar-refractivity contribution in [2.45, 2.75) is 6.42 Å². The van der Waals surface area contributed by atoms with E-state index >= 15 is 0 Å². The number of hydrogen-bond donors (Lipinski definition) is 2. The number of nitrogens with one attached hydrogen (secondary N) is 1. The summed E-state index contributed by atoms with van der Waals surface area (Å²) in [5, 5.41) is 11.7. The molecule has 4 nitrogen and oxygen atoms in total. The molecule has 15 heavy (non-hydrogen) atoms. The first-order valence-corrected chi connectivity index (χ1v) is 5.66. The molecular weight excluding hydrogens is 260 g/mol. The van der Waals surface area contributed by atoms with Gasteiger partial charge in [-0.05, 0) is 28.4 Å². The summed E-state index contributed by atoms with van der Waals surface area (Å²) in [6.45, 7) is 2.01.